The first-order valence-electron chi connectivity index (χ1n) is 10.4. The van der Waals surface area contributed by atoms with Crippen molar-refractivity contribution in [3.8, 4) is 34.3 Å². The van der Waals surface area contributed by atoms with Gasteiger partial charge < -0.3 is 19.3 Å². The number of amides is 1. The molecule has 2 aromatic heterocycles. The molecule has 0 fully saturated rings. The molecular weight excluding hydrogens is 443 g/mol. The number of rotatable bonds is 8. The van der Waals surface area contributed by atoms with Crippen LogP contribution in [0, 0.1) is 5.82 Å². The third-order valence-electron chi connectivity index (χ3n) is 4.67. The lowest BCUT2D eigenvalue weighted by Gasteiger charge is -2.10. The van der Waals surface area contributed by atoms with Crippen LogP contribution in [0.1, 0.15) is 13.8 Å². The first-order chi connectivity index (χ1) is 16.4. The molecule has 0 bridgehead atoms. The van der Waals surface area contributed by atoms with Crippen molar-refractivity contribution in [1.29, 1.82) is 0 Å². The summed E-state index contributed by atoms with van der Waals surface area (Å²) in [6.07, 6.45) is 1.48. The molecule has 2 heterocycles. The van der Waals surface area contributed by atoms with E-state index in [2.05, 4.69) is 15.3 Å². The van der Waals surface area contributed by atoms with Gasteiger partial charge in [-0.05, 0) is 42.8 Å². The van der Waals surface area contributed by atoms with Crippen molar-refractivity contribution in [2.45, 2.75) is 20.6 Å². The number of hydrogen-bond acceptors (Lipinski definition) is 7. The maximum Gasteiger partial charge on any atom is 0.366 e. The maximum absolute atomic E-state index is 13.5. The number of carbonyl (C=O) groups is 1. The van der Waals surface area contributed by atoms with E-state index >= 15 is 0 Å². The van der Waals surface area contributed by atoms with Gasteiger partial charge in [0.25, 0.3) is 0 Å². The van der Waals surface area contributed by atoms with Gasteiger partial charge in [-0.2, -0.15) is 9.72 Å². The van der Waals surface area contributed by atoms with Gasteiger partial charge in [-0.3, -0.25) is 4.79 Å². The summed E-state index contributed by atoms with van der Waals surface area (Å²) in [4.78, 5) is 32.6. The lowest BCUT2D eigenvalue weighted by atomic mass is 10.0. The second kappa shape index (κ2) is 10.1. The Labute approximate surface area is 193 Å². The lowest BCUT2D eigenvalue weighted by Crippen LogP contribution is -2.06. The highest BCUT2D eigenvalue weighted by Gasteiger charge is 2.22. The van der Waals surface area contributed by atoms with Gasteiger partial charge in [0.1, 0.15) is 17.3 Å². The van der Waals surface area contributed by atoms with Crippen molar-refractivity contribution in [1.82, 2.24) is 14.7 Å². The largest absolute Gasteiger partial charge is 0.424 e. The van der Waals surface area contributed by atoms with Crippen LogP contribution in [0.2, 0.25) is 0 Å². The minimum Gasteiger partial charge on any atom is -0.424 e. The Morgan fingerprint density at radius 2 is 1.97 bits per heavy atom. The molecular formula is C24H21FN4O5. The molecule has 1 N–H and O–H groups in total. The average molecular weight is 464 g/mol. The highest BCUT2D eigenvalue weighted by Crippen LogP contribution is 2.31. The van der Waals surface area contributed by atoms with E-state index in [4.69, 9.17) is 14.0 Å². The molecule has 4 aromatic rings. The molecule has 10 heteroatoms. The van der Waals surface area contributed by atoms with E-state index in [9.17, 15) is 14.0 Å². The third-order valence-corrected chi connectivity index (χ3v) is 4.67. The van der Waals surface area contributed by atoms with Crippen LogP contribution in [0.15, 0.2) is 70.1 Å². The number of hydrogen-bond donors (Lipinski definition) is 1. The van der Waals surface area contributed by atoms with Gasteiger partial charge in [0, 0.05) is 31.5 Å². The molecule has 0 aliphatic carbocycles. The number of halogens is 1. The number of ether oxygens (including phenoxy) is 2. The number of nitrogens with one attached hydrogen (secondary N) is 1. The van der Waals surface area contributed by atoms with Crippen LogP contribution in [0.5, 0.6) is 11.8 Å². The van der Waals surface area contributed by atoms with E-state index in [0.717, 1.165) is 0 Å². The predicted octanol–water partition coefficient (Wildman–Crippen LogP) is 4.45. The molecule has 0 unspecified atom stereocenters. The molecule has 0 spiro atoms. The van der Waals surface area contributed by atoms with Crippen molar-refractivity contribution in [2.24, 2.45) is 0 Å². The number of carbonyl (C=O) groups excluding carboxylic acids is 1. The lowest BCUT2D eigenvalue weighted by molar-refractivity contribution is -0.114. The van der Waals surface area contributed by atoms with Crippen molar-refractivity contribution >= 4 is 11.6 Å². The Morgan fingerprint density at radius 3 is 2.71 bits per heavy atom. The number of anilines is 1. The summed E-state index contributed by atoms with van der Waals surface area (Å²) in [5, 5.41) is 2.68. The van der Waals surface area contributed by atoms with Gasteiger partial charge in [-0.25, -0.2) is 14.2 Å². The topological polar surface area (TPSA) is 108 Å². The first-order valence-corrected chi connectivity index (χ1v) is 10.4. The Kier molecular flexibility index (Phi) is 6.79. The van der Waals surface area contributed by atoms with Gasteiger partial charge in [-0.15, -0.1) is 0 Å². The zero-order valence-electron chi connectivity index (χ0n) is 18.4. The zero-order chi connectivity index (χ0) is 24.1. The Bertz CT molecular complexity index is 1360. The predicted molar refractivity (Wildman–Crippen MR) is 122 cm³/mol. The normalized spacial score (nSPS) is 10.8. The highest BCUT2D eigenvalue weighted by atomic mass is 19.1. The molecule has 0 aliphatic rings. The summed E-state index contributed by atoms with van der Waals surface area (Å²) < 4.78 is 31.4. The van der Waals surface area contributed by atoms with Crippen molar-refractivity contribution in [3.05, 3.63) is 77.0 Å². The highest BCUT2D eigenvalue weighted by molar-refractivity contribution is 5.88. The monoisotopic (exact) mass is 464 g/mol. The summed E-state index contributed by atoms with van der Waals surface area (Å²) in [6.45, 7) is 3.59. The van der Waals surface area contributed by atoms with Gasteiger partial charge in [-0.1, -0.05) is 18.2 Å². The Hall–Kier alpha value is -4.31. The van der Waals surface area contributed by atoms with E-state index in [0.29, 0.717) is 35.0 Å². The molecule has 0 atom stereocenters. The van der Waals surface area contributed by atoms with E-state index in [1.165, 1.54) is 42.1 Å². The molecule has 1 amide bonds. The number of benzene rings is 2. The van der Waals surface area contributed by atoms with E-state index in [1.807, 2.05) is 6.92 Å². The van der Waals surface area contributed by atoms with Gasteiger partial charge >= 0.3 is 11.6 Å². The van der Waals surface area contributed by atoms with E-state index in [-0.39, 0.29) is 24.2 Å². The summed E-state index contributed by atoms with van der Waals surface area (Å²) in [5.74, 6) is -0.236. The number of nitrogens with zero attached hydrogens (tertiary/aromatic N) is 3. The molecule has 4 rings (SSSR count). The van der Waals surface area contributed by atoms with Crippen molar-refractivity contribution < 1.29 is 23.2 Å². The summed E-state index contributed by atoms with van der Waals surface area (Å²) in [6, 6.07) is 13.9. The Balaban J connectivity index is 1.74. The summed E-state index contributed by atoms with van der Waals surface area (Å²) in [7, 11) is 0. The minimum atomic E-state index is -0.620. The SMILES string of the molecule is CCOCn1oc(=O)c(-c2ccc(F)cc2)c1-c1ccnc(Oc2cccc(NC(C)=O)c2)n1. The molecule has 0 saturated carbocycles. The fourth-order valence-electron chi connectivity index (χ4n) is 3.27. The van der Waals surface area contributed by atoms with Gasteiger partial charge in [0.15, 0.2) is 6.73 Å². The van der Waals surface area contributed by atoms with Crippen LogP contribution in [0.25, 0.3) is 22.5 Å². The molecule has 2 aromatic carbocycles. The van der Waals surface area contributed by atoms with Crippen LogP contribution in [0.3, 0.4) is 0 Å². The quantitative estimate of drug-likeness (QED) is 0.410. The smallest absolute Gasteiger partial charge is 0.366 e. The van der Waals surface area contributed by atoms with Crippen molar-refractivity contribution in [3.63, 3.8) is 0 Å². The zero-order valence-corrected chi connectivity index (χ0v) is 18.4. The van der Waals surface area contributed by atoms with Crippen molar-refractivity contribution in [2.75, 3.05) is 11.9 Å². The fourth-order valence-corrected chi connectivity index (χ4v) is 3.27. The molecule has 9 nitrogen and oxygen atoms in total. The summed E-state index contributed by atoms with van der Waals surface area (Å²) >= 11 is 0. The standard InChI is InChI=1S/C24H21FN4O5/c1-3-32-14-29-22(21(23(31)34-29)16-7-9-17(25)10-8-16)20-11-12-26-24(28-20)33-19-6-4-5-18(13-19)27-15(2)30/h4-13H,3,14H2,1-2H3,(H,27,30). The van der Waals surface area contributed by atoms with Crippen LogP contribution >= 0.6 is 0 Å². The average Bonchev–Trinajstić information content (AvgIpc) is 3.14. The maximum atomic E-state index is 13.5. The molecule has 0 aliphatic heterocycles. The summed E-state index contributed by atoms with van der Waals surface area (Å²) in [5.41, 5.74) is 1.28. The molecule has 0 saturated heterocycles. The van der Waals surface area contributed by atoms with E-state index < -0.39 is 11.4 Å². The van der Waals surface area contributed by atoms with Crippen LogP contribution in [-0.2, 0) is 16.3 Å². The molecule has 0 radical (unpaired) electrons. The Morgan fingerprint density at radius 1 is 1.18 bits per heavy atom. The van der Waals surface area contributed by atoms with Gasteiger partial charge in [0.2, 0.25) is 5.91 Å². The second-order valence-corrected chi connectivity index (χ2v) is 7.15. The van der Waals surface area contributed by atoms with E-state index in [1.54, 1.807) is 30.3 Å². The molecule has 174 valence electrons. The van der Waals surface area contributed by atoms with Gasteiger partial charge in [0.05, 0.1) is 11.3 Å². The third kappa shape index (κ3) is 5.18. The first kappa shape index (κ1) is 22.9. The van der Waals surface area contributed by atoms with Crippen LogP contribution in [0.4, 0.5) is 10.1 Å². The van der Waals surface area contributed by atoms with Crippen LogP contribution < -0.4 is 15.7 Å². The second-order valence-electron chi connectivity index (χ2n) is 7.15. The van der Waals surface area contributed by atoms with Crippen LogP contribution in [-0.4, -0.2) is 27.2 Å². The molecule has 34 heavy (non-hydrogen) atoms. The fraction of sp³-hybridized carbons (Fsp3) is 0.167. The number of aromatic nitrogens is 3. The minimum absolute atomic E-state index is 0.0131.